The molecule has 19 heavy (non-hydrogen) atoms. The maximum Gasteiger partial charge on any atom is 0.0251 e. The molecule has 1 atom stereocenters. The normalized spacial score (nSPS) is 13.1. The van der Waals surface area contributed by atoms with Crippen LogP contribution in [0.1, 0.15) is 32.3 Å². The summed E-state index contributed by atoms with van der Waals surface area (Å²) in [6.45, 7) is 4.51. The van der Waals surface area contributed by atoms with Crippen LogP contribution >= 0.6 is 0 Å². The Morgan fingerprint density at radius 3 is 2.47 bits per heavy atom. The Morgan fingerprint density at radius 2 is 1.74 bits per heavy atom. The largest absolute Gasteiger partial charge is 0.271 e. The van der Waals surface area contributed by atoms with Gasteiger partial charge in [-0.15, -0.1) is 0 Å². The molecule has 0 aliphatic heterocycles. The summed E-state index contributed by atoms with van der Waals surface area (Å²) in [6.07, 6.45) is 3.32. The third kappa shape index (κ3) is 3.79. The number of rotatable bonds is 6. The fourth-order valence-electron chi connectivity index (χ4n) is 2.51. The molecule has 0 spiro atoms. The molecule has 0 amide bonds. The van der Waals surface area contributed by atoms with Gasteiger partial charge in [0.2, 0.25) is 0 Å². The molecule has 102 valence electrons. The molecule has 3 N–H and O–H groups in total. The Bertz CT molecular complexity index is 514. The molecule has 0 bridgehead atoms. The Kier molecular flexibility index (Phi) is 4.94. The molecule has 0 aliphatic carbocycles. The number of benzene rings is 2. The number of hydrogen-bond acceptors (Lipinski definition) is 2. The van der Waals surface area contributed by atoms with Gasteiger partial charge in [-0.25, -0.2) is 0 Å². The maximum atomic E-state index is 5.70. The van der Waals surface area contributed by atoms with Crippen molar-refractivity contribution in [3.63, 3.8) is 0 Å². The van der Waals surface area contributed by atoms with Gasteiger partial charge in [-0.1, -0.05) is 56.3 Å². The minimum absolute atomic E-state index is 0.355. The van der Waals surface area contributed by atoms with E-state index in [2.05, 4.69) is 61.7 Å². The first-order chi connectivity index (χ1) is 9.20. The molecule has 2 heteroatoms. The van der Waals surface area contributed by atoms with Crippen LogP contribution in [0.25, 0.3) is 10.8 Å². The number of nitrogens with one attached hydrogen (secondary N) is 1. The van der Waals surface area contributed by atoms with Gasteiger partial charge < -0.3 is 0 Å². The Balaban J connectivity index is 2.15. The summed E-state index contributed by atoms with van der Waals surface area (Å²) < 4.78 is 0. The first-order valence-corrected chi connectivity index (χ1v) is 7.13. The monoisotopic (exact) mass is 256 g/mol. The molecule has 0 fully saturated rings. The van der Waals surface area contributed by atoms with E-state index >= 15 is 0 Å². The molecule has 2 aromatic carbocycles. The number of nitrogens with two attached hydrogens (primary N) is 1. The Hall–Kier alpha value is -1.38. The second-order valence-corrected chi connectivity index (χ2v) is 5.68. The third-order valence-electron chi connectivity index (χ3n) is 3.67. The van der Waals surface area contributed by atoms with Crippen LogP contribution in [-0.4, -0.2) is 6.04 Å². The maximum absolute atomic E-state index is 5.70. The molecule has 2 aromatic rings. The van der Waals surface area contributed by atoms with Gasteiger partial charge in [-0.3, -0.25) is 11.3 Å². The van der Waals surface area contributed by atoms with E-state index in [9.17, 15) is 0 Å². The van der Waals surface area contributed by atoms with Crippen LogP contribution in [0.2, 0.25) is 0 Å². The summed E-state index contributed by atoms with van der Waals surface area (Å²) in [7, 11) is 0. The van der Waals surface area contributed by atoms with Gasteiger partial charge in [-0.2, -0.15) is 0 Å². The first-order valence-electron chi connectivity index (χ1n) is 7.13. The Labute approximate surface area is 116 Å². The average Bonchev–Trinajstić information content (AvgIpc) is 2.43. The van der Waals surface area contributed by atoms with Gasteiger partial charge in [0.05, 0.1) is 0 Å². The van der Waals surface area contributed by atoms with Gasteiger partial charge in [0.1, 0.15) is 0 Å². The lowest BCUT2D eigenvalue weighted by atomic mass is 9.95. The quantitative estimate of drug-likeness (QED) is 0.611. The standard InChI is InChI=1S/C17H24N2/c1-13(2)10-11-16(19-18)12-15-8-5-7-14-6-3-4-9-17(14)15/h3-9,13,16,19H,10-12,18H2,1-2H3. The summed E-state index contributed by atoms with van der Waals surface area (Å²) in [5, 5.41) is 2.65. The summed E-state index contributed by atoms with van der Waals surface area (Å²) in [4.78, 5) is 0. The minimum Gasteiger partial charge on any atom is -0.271 e. The van der Waals surface area contributed by atoms with Gasteiger partial charge >= 0.3 is 0 Å². The summed E-state index contributed by atoms with van der Waals surface area (Å²) in [5.74, 6) is 6.43. The smallest absolute Gasteiger partial charge is 0.0251 e. The minimum atomic E-state index is 0.355. The molecule has 0 saturated carbocycles. The van der Waals surface area contributed by atoms with Gasteiger partial charge in [0.25, 0.3) is 0 Å². The molecule has 2 nitrogen and oxygen atoms in total. The van der Waals surface area contributed by atoms with E-state index in [4.69, 9.17) is 5.84 Å². The predicted octanol–water partition coefficient (Wildman–Crippen LogP) is 3.65. The predicted molar refractivity (Wildman–Crippen MR) is 82.8 cm³/mol. The SMILES string of the molecule is CC(C)CCC(Cc1cccc2ccccc12)NN. The van der Waals surface area contributed by atoms with E-state index in [0.717, 1.165) is 18.8 Å². The molecule has 0 aliphatic rings. The zero-order valence-corrected chi connectivity index (χ0v) is 11.9. The fourth-order valence-corrected chi connectivity index (χ4v) is 2.51. The zero-order valence-electron chi connectivity index (χ0n) is 11.9. The molecule has 1 unspecified atom stereocenters. The lowest BCUT2D eigenvalue weighted by Crippen LogP contribution is -2.37. The second kappa shape index (κ2) is 6.69. The van der Waals surface area contributed by atoms with Crippen molar-refractivity contribution in [2.45, 2.75) is 39.2 Å². The van der Waals surface area contributed by atoms with Gasteiger partial charge in [0.15, 0.2) is 0 Å². The van der Waals surface area contributed by atoms with E-state index in [1.165, 1.54) is 22.8 Å². The van der Waals surface area contributed by atoms with Crippen molar-refractivity contribution in [2.24, 2.45) is 11.8 Å². The molecule has 0 saturated heterocycles. The van der Waals surface area contributed by atoms with Crippen molar-refractivity contribution < 1.29 is 0 Å². The highest BCUT2D eigenvalue weighted by atomic mass is 15.2. The molecule has 0 aromatic heterocycles. The van der Waals surface area contributed by atoms with Gasteiger partial charge in [-0.05, 0) is 41.5 Å². The lowest BCUT2D eigenvalue weighted by Gasteiger charge is -2.18. The third-order valence-corrected chi connectivity index (χ3v) is 3.67. The Morgan fingerprint density at radius 1 is 1.00 bits per heavy atom. The molecular weight excluding hydrogens is 232 g/mol. The molecular formula is C17H24N2. The van der Waals surface area contributed by atoms with Crippen molar-refractivity contribution in [1.29, 1.82) is 0 Å². The highest BCUT2D eigenvalue weighted by molar-refractivity contribution is 5.85. The van der Waals surface area contributed by atoms with Crippen molar-refractivity contribution in [3.8, 4) is 0 Å². The van der Waals surface area contributed by atoms with Crippen molar-refractivity contribution in [2.75, 3.05) is 0 Å². The first kappa shape index (κ1) is 14.0. The van der Waals surface area contributed by atoms with Crippen molar-refractivity contribution >= 4 is 10.8 Å². The van der Waals surface area contributed by atoms with E-state index in [1.807, 2.05) is 0 Å². The van der Waals surface area contributed by atoms with Crippen LogP contribution < -0.4 is 11.3 Å². The van der Waals surface area contributed by atoms with E-state index < -0.39 is 0 Å². The number of fused-ring (bicyclic) bond motifs is 1. The van der Waals surface area contributed by atoms with Crippen LogP contribution in [0.4, 0.5) is 0 Å². The van der Waals surface area contributed by atoms with Crippen LogP contribution in [0.5, 0.6) is 0 Å². The summed E-state index contributed by atoms with van der Waals surface area (Å²) >= 11 is 0. The van der Waals surface area contributed by atoms with Crippen LogP contribution in [0, 0.1) is 5.92 Å². The van der Waals surface area contributed by atoms with Crippen LogP contribution in [0.3, 0.4) is 0 Å². The average molecular weight is 256 g/mol. The number of hydrogen-bond donors (Lipinski definition) is 2. The second-order valence-electron chi connectivity index (χ2n) is 5.68. The highest BCUT2D eigenvalue weighted by Crippen LogP contribution is 2.21. The van der Waals surface area contributed by atoms with E-state index in [1.54, 1.807) is 0 Å². The lowest BCUT2D eigenvalue weighted by molar-refractivity contribution is 0.435. The number of hydrazine groups is 1. The summed E-state index contributed by atoms with van der Waals surface area (Å²) in [6, 6.07) is 15.4. The van der Waals surface area contributed by atoms with E-state index in [0.29, 0.717) is 6.04 Å². The van der Waals surface area contributed by atoms with Crippen molar-refractivity contribution in [3.05, 3.63) is 48.0 Å². The fraction of sp³-hybridized carbons (Fsp3) is 0.412. The summed E-state index contributed by atoms with van der Waals surface area (Å²) in [5.41, 5.74) is 4.35. The molecule has 2 rings (SSSR count). The van der Waals surface area contributed by atoms with Crippen LogP contribution in [-0.2, 0) is 6.42 Å². The van der Waals surface area contributed by atoms with Gasteiger partial charge in [0, 0.05) is 6.04 Å². The van der Waals surface area contributed by atoms with Crippen molar-refractivity contribution in [1.82, 2.24) is 5.43 Å². The molecule has 0 heterocycles. The van der Waals surface area contributed by atoms with Crippen LogP contribution in [0.15, 0.2) is 42.5 Å². The topological polar surface area (TPSA) is 38.0 Å². The van der Waals surface area contributed by atoms with E-state index in [-0.39, 0.29) is 0 Å². The molecule has 0 radical (unpaired) electrons. The highest BCUT2D eigenvalue weighted by Gasteiger charge is 2.10. The zero-order chi connectivity index (χ0) is 13.7.